The van der Waals surface area contributed by atoms with Crippen LogP contribution in [0.3, 0.4) is 0 Å². The first kappa shape index (κ1) is 22.4. The van der Waals surface area contributed by atoms with Gasteiger partial charge in [-0.05, 0) is 58.1 Å². The number of carbonyl (C=O) groups excluding carboxylic acids is 1. The van der Waals surface area contributed by atoms with Gasteiger partial charge in [-0.1, -0.05) is 36.4 Å². The first-order chi connectivity index (χ1) is 14.5. The van der Waals surface area contributed by atoms with Gasteiger partial charge in [0.2, 0.25) is 0 Å². The Kier molecular flexibility index (Phi) is 6.10. The number of rotatable bonds is 4. The molecule has 0 amide bonds. The van der Waals surface area contributed by atoms with Crippen LogP contribution in [-0.2, 0) is 28.3 Å². The molecular weight excluding hydrogens is 422 g/mol. The molecule has 0 spiro atoms. The van der Waals surface area contributed by atoms with E-state index in [0.717, 1.165) is 24.3 Å². The Labute approximate surface area is 174 Å². The fraction of sp³-hybridized carbons (Fsp3) is 0.174. The number of benzene rings is 3. The third kappa shape index (κ3) is 5.45. The zero-order chi connectivity index (χ0) is 22.8. The summed E-state index contributed by atoms with van der Waals surface area (Å²) in [5.41, 5.74) is 0.879. The van der Waals surface area contributed by atoms with Crippen molar-refractivity contribution in [2.45, 2.75) is 18.8 Å². The Morgan fingerprint density at radius 3 is 1.39 bits per heavy atom. The van der Waals surface area contributed by atoms with Gasteiger partial charge in [-0.3, -0.25) is 4.79 Å². The molecule has 0 saturated carbocycles. The average Bonchev–Trinajstić information content (AvgIpc) is 2.72. The lowest BCUT2D eigenvalue weighted by molar-refractivity contribution is -0.140. The fourth-order valence-corrected chi connectivity index (χ4v) is 3.07. The summed E-state index contributed by atoms with van der Waals surface area (Å²) >= 11 is 0. The normalized spacial score (nSPS) is 12.0. The second-order valence-electron chi connectivity index (χ2n) is 6.82. The van der Waals surface area contributed by atoms with Crippen LogP contribution in [0.25, 0.3) is 22.3 Å². The Bertz CT molecular complexity index is 989. The van der Waals surface area contributed by atoms with Crippen LogP contribution in [-0.4, -0.2) is 13.1 Å². The number of hydrogen-bond donors (Lipinski definition) is 0. The SMILES string of the molecule is COC(=O)Cc1cc(-c2ccc(C(F)(F)F)cc2)cc(-c2ccc(C(F)(F)F)cc2)c1. The van der Waals surface area contributed by atoms with Crippen molar-refractivity contribution in [3.8, 4) is 22.3 Å². The van der Waals surface area contributed by atoms with Gasteiger partial charge < -0.3 is 4.74 Å². The summed E-state index contributed by atoms with van der Waals surface area (Å²) in [5.74, 6) is -0.525. The number of methoxy groups -OCH3 is 1. The molecule has 0 bridgehead atoms. The molecule has 3 aromatic carbocycles. The topological polar surface area (TPSA) is 26.3 Å². The van der Waals surface area contributed by atoms with Crippen LogP contribution in [0.1, 0.15) is 16.7 Å². The lowest BCUT2D eigenvalue weighted by Gasteiger charge is -2.13. The van der Waals surface area contributed by atoms with Crippen molar-refractivity contribution in [1.29, 1.82) is 0 Å². The van der Waals surface area contributed by atoms with E-state index in [1.807, 2.05) is 0 Å². The van der Waals surface area contributed by atoms with E-state index >= 15 is 0 Å². The van der Waals surface area contributed by atoms with E-state index < -0.39 is 29.4 Å². The van der Waals surface area contributed by atoms with E-state index in [-0.39, 0.29) is 6.42 Å². The maximum Gasteiger partial charge on any atom is 0.416 e. The van der Waals surface area contributed by atoms with Gasteiger partial charge in [0.15, 0.2) is 0 Å². The summed E-state index contributed by atoms with van der Waals surface area (Å²) < 4.78 is 81.7. The van der Waals surface area contributed by atoms with Gasteiger partial charge in [0.25, 0.3) is 0 Å². The van der Waals surface area contributed by atoms with Crippen LogP contribution in [0.5, 0.6) is 0 Å². The monoisotopic (exact) mass is 438 g/mol. The number of carbonyl (C=O) groups is 1. The highest BCUT2D eigenvalue weighted by molar-refractivity contribution is 5.78. The molecule has 0 saturated heterocycles. The Hall–Kier alpha value is -3.29. The molecule has 0 radical (unpaired) electrons. The van der Waals surface area contributed by atoms with E-state index in [1.54, 1.807) is 18.2 Å². The highest BCUT2D eigenvalue weighted by Crippen LogP contribution is 2.34. The van der Waals surface area contributed by atoms with E-state index in [0.29, 0.717) is 27.8 Å². The lowest BCUT2D eigenvalue weighted by Crippen LogP contribution is -2.05. The molecule has 0 heterocycles. The molecule has 2 nitrogen and oxygen atoms in total. The minimum Gasteiger partial charge on any atom is -0.469 e. The van der Waals surface area contributed by atoms with Crippen molar-refractivity contribution in [2.75, 3.05) is 7.11 Å². The number of hydrogen-bond acceptors (Lipinski definition) is 2. The second-order valence-corrected chi connectivity index (χ2v) is 6.82. The van der Waals surface area contributed by atoms with Crippen molar-refractivity contribution in [1.82, 2.24) is 0 Å². The predicted molar refractivity (Wildman–Crippen MR) is 103 cm³/mol. The van der Waals surface area contributed by atoms with Gasteiger partial charge in [0.1, 0.15) is 0 Å². The molecule has 0 N–H and O–H groups in total. The minimum absolute atomic E-state index is 0.0986. The molecule has 31 heavy (non-hydrogen) atoms. The van der Waals surface area contributed by atoms with Gasteiger partial charge in [0, 0.05) is 0 Å². The summed E-state index contributed by atoms with van der Waals surface area (Å²) in [4.78, 5) is 11.7. The van der Waals surface area contributed by atoms with Crippen molar-refractivity contribution in [2.24, 2.45) is 0 Å². The summed E-state index contributed by atoms with van der Waals surface area (Å²) in [7, 11) is 1.22. The van der Waals surface area contributed by atoms with Gasteiger partial charge in [-0.25, -0.2) is 0 Å². The van der Waals surface area contributed by atoms with E-state index in [1.165, 1.54) is 31.4 Å². The molecule has 0 aromatic heterocycles. The van der Waals surface area contributed by atoms with Crippen molar-refractivity contribution in [3.63, 3.8) is 0 Å². The molecule has 8 heteroatoms. The molecule has 0 aliphatic carbocycles. The van der Waals surface area contributed by atoms with E-state index in [9.17, 15) is 31.1 Å². The molecule has 0 fully saturated rings. The zero-order valence-corrected chi connectivity index (χ0v) is 16.1. The number of ether oxygens (including phenoxy) is 1. The number of halogens is 6. The average molecular weight is 438 g/mol. The van der Waals surface area contributed by atoms with Gasteiger partial charge >= 0.3 is 18.3 Å². The first-order valence-electron chi connectivity index (χ1n) is 9.03. The standard InChI is InChI=1S/C23H16F6O2/c1-31-21(30)12-14-10-17(15-2-6-19(7-3-15)22(24,25)26)13-18(11-14)16-4-8-20(9-5-16)23(27,28)29/h2-11,13H,12H2,1H3. The summed E-state index contributed by atoms with van der Waals surface area (Å²) in [5, 5.41) is 0. The van der Waals surface area contributed by atoms with E-state index in [4.69, 9.17) is 0 Å². The second kappa shape index (κ2) is 8.45. The molecular formula is C23H16F6O2. The predicted octanol–water partition coefficient (Wildman–Crippen LogP) is 6.77. The van der Waals surface area contributed by atoms with Crippen molar-refractivity contribution >= 4 is 5.97 Å². The maximum atomic E-state index is 12.8. The van der Waals surface area contributed by atoms with Crippen LogP contribution >= 0.6 is 0 Å². The Balaban J connectivity index is 2.05. The number of esters is 1. The lowest BCUT2D eigenvalue weighted by atomic mass is 9.94. The molecule has 0 unspecified atom stereocenters. The smallest absolute Gasteiger partial charge is 0.416 e. The number of alkyl halides is 6. The highest BCUT2D eigenvalue weighted by atomic mass is 19.4. The molecule has 3 aromatic rings. The minimum atomic E-state index is -4.48. The maximum absolute atomic E-state index is 12.8. The van der Waals surface area contributed by atoms with Crippen LogP contribution in [0, 0.1) is 0 Å². The third-order valence-corrected chi connectivity index (χ3v) is 4.66. The van der Waals surface area contributed by atoms with Crippen molar-refractivity contribution in [3.05, 3.63) is 83.4 Å². The van der Waals surface area contributed by atoms with Crippen LogP contribution < -0.4 is 0 Å². The van der Waals surface area contributed by atoms with Gasteiger partial charge in [-0.15, -0.1) is 0 Å². The Morgan fingerprint density at radius 2 is 1.06 bits per heavy atom. The highest BCUT2D eigenvalue weighted by Gasteiger charge is 2.30. The first-order valence-corrected chi connectivity index (χ1v) is 9.03. The molecule has 3 rings (SSSR count). The largest absolute Gasteiger partial charge is 0.469 e. The molecule has 0 aliphatic rings. The fourth-order valence-electron chi connectivity index (χ4n) is 3.07. The summed E-state index contributed by atoms with van der Waals surface area (Å²) in [6, 6.07) is 13.9. The molecule has 162 valence electrons. The Morgan fingerprint density at radius 1 is 0.677 bits per heavy atom. The van der Waals surface area contributed by atoms with Crippen LogP contribution in [0.4, 0.5) is 26.3 Å². The molecule has 0 atom stereocenters. The van der Waals surface area contributed by atoms with E-state index in [2.05, 4.69) is 4.74 Å². The zero-order valence-electron chi connectivity index (χ0n) is 16.1. The van der Waals surface area contributed by atoms with Crippen LogP contribution in [0.2, 0.25) is 0 Å². The van der Waals surface area contributed by atoms with Gasteiger partial charge in [0.05, 0.1) is 24.7 Å². The van der Waals surface area contributed by atoms with Crippen LogP contribution in [0.15, 0.2) is 66.7 Å². The van der Waals surface area contributed by atoms with Crippen molar-refractivity contribution < 1.29 is 35.9 Å². The quantitative estimate of drug-likeness (QED) is 0.332. The molecule has 0 aliphatic heterocycles. The summed E-state index contributed by atoms with van der Waals surface area (Å²) in [6.45, 7) is 0. The summed E-state index contributed by atoms with van der Waals surface area (Å²) in [6.07, 6.45) is -9.05. The third-order valence-electron chi connectivity index (χ3n) is 4.66. The van der Waals surface area contributed by atoms with Gasteiger partial charge in [-0.2, -0.15) is 26.3 Å².